The van der Waals surface area contributed by atoms with Crippen molar-refractivity contribution in [3.63, 3.8) is 0 Å². The molecule has 2 heterocycles. The lowest BCUT2D eigenvalue weighted by Crippen LogP contribution is -2.54. The highest BCUT2D eigenvalue weighted by Gasteiger charge is 2.31. The predicted molar refractivity (Wildman–Crippen MR) is 83.2 cm³/mol. The summed E-state index contributed by atoms with van der Waals surface area (Å²) in [4.78, 5) is 24.3. The number of amides is 1. The lowest BCUT2D eigenvalue weighted by Gasteiger charge is -2.40. The number of carbonyl (C=O) groups is 1. The summed E-state index contributed by atoms with van der Waals surface area (Å²) in [5, 5.41) is 0. The van der Waals surface area contributed by atoms with Gasteiger partial charge < -0.3 is 19.3 Å². The SMILES string of the molecule is COc1cncnc1N1CCN(C(=O)OC(C)(C)C)CC1C. The zero-order chi connectivity index (χ0) is 16.3. The fourth-order valence-corrected chi connectivity index (χ4v) is 2.43. The molecule has 0 radical (unpaired) electrons. The second kappa shape index (κ2) is 6.37. The maximum absolute atomic E-state index is 12.2. The van der Waals surface area contributed by atoms with Gasteiger partial charge in [0.1, 0.15) is 11.9 Å². The van der Waals surface area contributed by atoms with E-state index < -0.39 is 5.60 Å². The predicted octanol–water partition coefficient (Wildman–Crippen LogP) is 1.93. The Morgan fingerprint density at radius 2 is 2.09 bits per heavy atom. The number of hydrogen-bond donors (Lipinski definition) is 0. The molecular weight excluding hydrogens is 284 g/mol. The second-order valence-corrected chi connectivity index (χ2v) is 6.38. The van der Waals surface area contributed by atoms with Crippen molar-refractivity contribution in [2.75, 3.05) is 31.6 Å². The highest BCUT2D eigenvalue weighted by molar-refractivity contribution is 5.69. The third-order valence-corrected chi connectivity index (χ3v) is 3.43. The first-order valence-electron chi connectivity index (χ1n) is 7.40. The lowest BCUT2D eigenvalue weighted by molar-refractivity contribution is 0.0218. The summed E-state index contributed by atoms with van der Waals surface area (Å²) < 4.78 is 10.7. The summed E-state index contributed by atoms with van der Waals surface area (Å²) in [7, 11) is 1.60. The fourth-order valence-electron chi connectivity index (χ4n) is 2.43. The van der Waals surface area contributed by atoms with Crippen LogP contribution in [-0.4, -0.2) is 59.3 Å². The highest BCUT2D eigenvalue weighted by Crippen LogP contribution is 2.27. The molecule has 1 unspecified atom stereocenters. The summed E-state index contributed by atoms with van der Waals surface area (Å²) in [6.07, 6.45) is 2.88. The summed E-state index contributed by atoms with van der Waals surface area (Å²) in [6.45, 7) is 9.52. The van der Waals surface area contributed by atoms with E-state index in [1.54, 1.807) is 18.2 Å². The first-order valence-corrected chi connectivity index (χ1v) is 7.40. The molecule has 7 heteroatoms. The fraction of sp³-hybridized carbons (Fsp3) is 0.667. The van der Waals surface area contributed by atoms with E-state index in [0.717, 1.165) is 5.82 Å². The molecule has 1 atom stereocenters. The molecule has 0 bridgehead atoms. The van der Waals surface area contributed by atoms with E-state index in [1.165, 1.54) is 6.33 Å². The number of carbonyl (C=O) groups excluding carboxylic acids is 1. The van der Waals surface area contributed by atoms with Crippen molar-refractivity contribution in [2.45, 2.75) is 39.3 Å². The molecule has 1 aliphatic rings. The number of piperazine rings is 1. The summed E-state index contributed by atoms with van der Waals surface area (Å²) in [6, 6.07) is 0.116. The first-order chi connectivity index (χ1) is 10.3. The number of methoxy groups -OCH3 is 1. The number of rotatable bonds is 2. The second-order valence-electron chi connectivity index (χ2n) is 6.38. The summed E-state index contributed by atoms with van der Waals surface area (Å²) in [5.41, 5.74) is -0.479. The van der Waals surface area contributed by atoms with E-state index in [2.05, 4.69) is 21.8 Å². The van der Waals surface area contributed by atoms with Crippen molar-refractivity contribution in [1.82, 2.24) is 14.9 Å². The van der Waals surface area contributed by atoms with Crippen LogP contribution in [0, 0.1) is 0 Å². The standard InChI is InChI=1S/C15H24N4O3/c1-11-9-18(14(20)22-15(2,3)4)6-7-19(11)13-12(21-5)8-16-10-17-13/h8,10-11H,6-7,9H2,1-5H3. The number of nitrogens with zero attached hydrogens (tertiary/aromatic N) is 4. The van der Waals surface area contributed by atoms with Crippen LogP contribution in [0.4, 0.5) is 10.6 Å². The minimum atomic E-state index is -0.479. The van der Waals surface area contributed by atoms with Crippen LogP contribution in [0.5, 0.6) is 5.75 Å². The van der Waals surface area contributed by atoms with Crippen LogP contribution in [0.2, 0.25) is 0 Å². The molecule has 2 rings (SSSR count). The van der Waals surface area contributed by atoms with Gasteiger partial charge in [-0.15, -0.1) is 0 Å². The van der Waals surface area contributed by atoms with Gasteiger partial charge in [-0.3, -0.25) is 0 Å². The molecule has 0 aromatic carbocycles. The molecule has 0 N–H and O–H groups in total. The van der Waals surface area contributed by atoms with Crippen LogP contribution in [0.3, 0.4) is 0 Å². The molecule has 0 saturated carbocycles. The van der Waals surface area contributed by atoms with Crippen molar-refractivity contribution in [1.29, 1.82) is 0 Å². The van der Waals surface area contributed by atoms with Crippen LogP contribution >= 0.6 is 0 Å². The Hall–Kier alpha value is -2.05. The van der Waals surface area contributed by atoms with Gasteiger partial charge >= 0.3 is 6.09 Å². The van der Waals surface area contributed by atoms with Gasteiger partial charge in [-0.05, 0) is 27.7 Å². The van der Waals surface area contributed by atoms with E-state index in [9.17, 15) is 4.79 Å². The Morgan fingerprint density at radius 3 is 2.68 bits per heavy atom. The molecule has 1 amide bonds. The lowest BCUT2D eigenvalue weighted by atomic mass is 10.2. The minimum Gasteiger partial charge on any atom is -0.491 e. The third kappa shape index (κ3) is 3.78. The molecule has 122 valence electrons. The molecule has 1 saturated heterocycles. The van der Waals surface area contributed by atoms with E-state index >= 15 is 0 Å². The first kappa shape index (κ1) is 16.3. The van der Waals surface area contributed by atoms with E-state index in [0.29, 0.717) is 25.4 Å². The average molecular weight is 308 g/mol. The molecule has 1 aromatic heterocycles. The smallest absolute Gasteiger partial charge is 0.410 e. The van der Waals surface area contributed by atoms with Crippen LogP contribution < -0.4 is 9.64 Å². The topological polar surface area (TPSA) is 67.8 Å². The monoisotopic (exact) mass is 308 g/mol. The van der Waals surface area contributed by atoms with Crippen molar-refractivity contribution in [3.05, 3.63) is 12.5 Å². The van der Waals surface area contributed by atoms with Crippen LogP contribution in [0.15, 0.2) is 12.5 Å². The number of hydrogen-bond acceptors (Lipinski definition) is 6. The van der Waals surface area contributed by atoms with Gasteiger partial charge in [0.15, 0.2) is 11.6 Å². The Morgan fingerprint density at radius 1 is 1.36 bits per heavy atom. The maximum atomic E-state index is 12.2. The zero-order valence-electron chi connectivity index (χ0n) is 13.9. The Kier molecular flexibility index (Phi) is 4.73. The van der Waals surface area contributed by atoms with Crippen molar-refractivity contribution in [3.8, 4) is 5.75 Å². The van der Waals surface area contributed by atoms with Gasteiger partial charge in [0.25, 0.3) is 0 Å². The molecular formula is C15H24N4O3. The Bertz CT molecular complexity index is 530. The van der Waals surface area contributed by atoms with Gasteiger partial charge in [-0.2, -0.15) is 0 Å². The largest absolute Gasteiger partial charge is 0.491 e. The van der Waals surface area contributed by atoms with E-state index in [1.807, 2.05) is 20.8 Å². The van der Waals surface area contributed by atoms with Crippen LogP contribution in [0.25, 0.3) is 0 Å². The van der Waals surface area contributed by atoms with Gasteiger partial charge in [0.2, 0.25) is 0 Å². The molecule has 0 spiro atoms. The van der Waals surface area contributed by atoms with Gasteiger partial charge in [0, 0.05) is 25.7 Å². The molecule has 7 nitrogen and oxygen atoms in total. The molecule has 0 aliphatic carbocycles. The number of aromatic nitrogens is 2. The van der Waals surface area contributed by atoms with E-state index in [4.69, 9.17) is 9.47 Å². The highest BCUT2D eigenvalue weighted by atomic mass is 16.6. The van der Waals surface area contributed by atoms with Crippen LogP contribution in [0.1, 0.15) is 27.7 Å². The Labute approximate surface area is 131 Å². The maximum Gasteiger partial charge on any atom is 0.410 e. The van der Waals surface area contributed by atoms with Crippen LogP contribution in [-0.2, 0) is 4.74 Å². The van der Waals surface area contributed by atoms with Gasteiger partial charge in [-0.25, -0.2) is 14.8 Å². The average Bonchev–Trinajstić information content (AvgIpc) is 2.45. The molecule has 1 fully saturated rings. The minimum absolute atomic E-state index is 0.116. The normalized spacial score (nSPS) is 19.0. The quantitative estimate of drug-likeness (QED) is 0.831. The number of ether oxygens (including phenoxy) is 2. The van der Waals surface area contributed by atoms with Gasteiger partial charge in [-0.1, -0.05) is 0 Å². The Balaban J connectivity index is 2.05. The van der Waals surface area contributed by atoms with Crippen molar-refractivity contribution < 1.29 is 14.3 Å². The molecule has 1 aromatic rings. The van der Waals surface area contributed by atoms with Crippen molar-refractivity contribution in [2.24, 2.45) is 0 Å². The summed E-state index contributed by atoms with van der Waals surface area (Å²) in [5.74, 6) is 1.40. The van der Waals surface area contributed by atoms with E-state index in [-0.39, 0.29) is 12.1 Å². The number of anilines is 1. The van der Waals surface area contributed by atoms with Crippen molar-refractivity contribution >= 4 is 11.9 Å². The molecule has 22 heavy (non-hydrogen) atoms. The summed E-state index contributed by atoms with van der Waals surface area (Å²) >= 11 is 0. The molecule has 1 aliphatic heterocycles. The third-order valence-electron chi connectivity index (χ3n) is 3.43. The zero-order valence-corrected chi connectivity index (χ0v) is 13.9. The van der Waals surface area contributed by atoms with Gasteiger partial charge in [0.05, 0.1) is 13.3 Å².